The number of aromatic nitrogens is 1. The van der Waals surface area contributed by atoms with Crippen LogP contribution in [0.15, 0.2) is 71.8 Å². The lowest BCUT2D eigenvalue weighted by atomic mass is 10.1. The largest absolute Gasteiger partial charge is 0.302 e. The SMILES string of the molecule is O=C(c1ccc2c(c1)S(=O)(=O)N(C1CC1)C2=O)N(Cc1ccccn1)c1ccc(F)cc1. The van der Waals surface area contributed by atoms with Crippen LogP contribution in [-0.4, -0.2) is 35.6 Å². The van der Waals surface area contributed by atoms with Crippen LogP contribution in [0.2, 0.25) is 0 Å². The van der Waals surface area contributed by atoms with Gasteiger partial charge in [-0.15, -0.1) is 0 Å². The Labute approximate surface area is 184 Å². The van der Waals surface area contributed by atoms with Gasteiger partial charge >= 0.3 is 0 Å². The summed E-state index contributed by atoms with van der Waals surface area (Å²) >= 11 is 0. The van der Waals surface area contributed by atoms with Gasteiger partial charge in [0.15, 0.2) is 0 Å². The second-order valence-electron chi connectivity index (χ2n) is 7.74. The molecule has 1 saturated carbocycles. The first-order chi connectivity index (χ1) is 15.4. The van der Waals surface area contributed by atoms with Crippen molar-refractivity contribution < 1.29 is 22.4 Å². The molecule has 0 unspecified atom stereocenters. The Morgan fingerprint density at radius 1 is 1.09 bits per heavy atom. The fraction of sp³-hybridized carbons (Fsp3) is 0.174. The molecule has 1 aliphatic carbocycles. The molecule has 32 heavy (non-hydrogen) atoms. The van der Waals surface area contributed by atoms with Crippen LogP contribution >= 0.6 is 0 Å². The highest BCUT2D eigenvalue weighted by molar-refractivity contribution is 7.90. The van der Waals surface area contributed by atoms with Crippen LogP contribution in [0, 0.1) is 5.82 Å². The zero-order chi connectivity index (χ0) is 22.5. The van der Waals surface area contributed by atoms with Gasteiger partial charge < -0.3 is 4.90 Å². The minimum Gasteiger partial charge on any atom is -0.302 e. The van der Waals surface area contributed by atoms with Gasteiger partial charge in [-0.3, -0.25) is 14.6 Å². The van der Waals surface area contributed by atoms with E-state index in [9.17, 15) is 22.4 Å². The van der Waals surface area contributed by atoms with Crippen molar-refractivity contribution in [2.45, 2.75) is 30.3 Å². The number of benzene rings is 2. The fourth-order valence-corrected chi connectivity index (χ4v) is 5.60. The molecule has 2 aliphatic rings. The molecule has 5 rings (SSSR count). The first-order valence-corrected chi connectivity index (χ1v) is 11.5. The Morgan fingerprint density at radius 3 is 2.50 bits per heavy atom. The molecule has 0 saturated heterocycles. The normalized spacial score (nSPS) is 16.7. The van der Waals surface area contributed by atoms with Gasteiger partial charge in [0.05, 0.1) is 17.8 Å². The van der Waals surface area contributed by atoms with Gasteiger partial charge in [-0.2, -0.15) is 0 Å². The molecule has 162 valence electrons. The van der Waals surface area contributed by atoms with Gasteiger partial charge in [0, 0.05) is 23.5 Å². The molecule has 3 aromatic rings. The van der Waals surface area contributed by atoms with E-state index < -0.39 is 27.7 Å². The van der Waals surface area contributed by atoms with Crippen LogP contribution in [0.25, 0.3) is 0 Å². The van der Waals surface area contributed by atoms with Crippen LogP contribution in [0.3, 0.4) is 0 Å². The minimum atomic E-state index is -3.99. The predicted octanol–water partition coefficient (Wildman–Crippen LogP) is 3.37. The number of hydrogen-bond donors (Lipinski definition) is 0. The Kier molecular flexibility index (Phi) is 4.78. The Morgan fingerprint density at radius 2 is 1.84 bits per heavy atom. The van der Waals surface area contributed by atoms with E-state index in [-0.39, 0.29) is 28.6 Å². The van der Waals surface area contributed by atoms with E-state index in [1.807, 2.05) is 0 Å². The van der Waals surface area contributed by atoms with Gasteiger partial charge in [0.1, 0.15) is 10.7 Å². The molecular formula is C23H18FN3O4S. The highest BCUT2D eigenvalue weighted by atomic mass is 32.2. The highest BCUT2D eigenvalue weighted by Crippen LogP contribution is 2.40. The van der Waals surface area contributed by atoms with Crippen LogP contribution in [0.5, 0.6) is 0 Å². The maximum atomic E-state index is 13.5. The molecule has 1 fully saturated rings. The number of pyridine rings is 1. The molecule has 2 amide bonds. The van der Waals surface area contributed by atoms with E-state index >= 15 is 0 Å². The average molecular weight is 451 g/mol. The summed E-state index contributed by atoms with van der Waals surface area (Å²) in [6, 6.07) is 14.5. The molecule has 1 aliphatic heterocycles. The van der Waals surface area contributed by atoms with Crippen molar-refractivity contribution in [3.05, 3.63) is 89.5 Å². The summed E-state index contributed by atoms with van der Waals surface area (Å²) in [5.74, 6) is -1.48. The van der Waals surface area contributed by atoms with Crippen molar-refractivity contribution >= 4 is 27.5 Å². The number of hydrogen-bond acceptors (Lipinski definition) is 5. The second kappa shape index (κ2) is 7.52. The summed E-state index contributed by atoms with van der Waals surface area (Å²) < 4.78 is 40.3. The van der Waals surface area contributed by atoms with Gasteiger partial charge in [-0.25, -0.2) is 17.1 Å². The standard InChI is InChI=1S/C23H18FN3O4S/c24-16-5-7-18(8-6-16)26(14-17-3-1-2-12-25-17)22(28)15-4-11-20-21(13-15)32(30,31)27(23(20)29)19-9-10-19/h1-8,11-13,19H,9-10,14H2. The summed E-state index contributed by atoms with van der Waals surface area (Å²) in [5.41, 5.74) is 1.22. The van der Waals surface area contributed by atoms with Crippen LogP contribution in [0.1, 0.15) is 39.3 Å². The van der Waals surface area contributed by atoms with Gasteiger partial charge in [0.2, 0.25) is 0 Å². The lowest BCUT2D eigenvalue weighted by Crippen LogP contribution is -2.32. The predicted molar refractivity (Wildman–Crippen MR) is 114 cm³/mol. The number of sulfonamides is 1. The number of carbonyl (C=O) groups is 2. The third-order valence-corrected chi connectivity index (χ3v) is 7.38. The second-order valence-corrected chi connectivity index (χ2v) is 9.52. The maximum absolute atomic E-state index is 13.5. The third kappa shape index (κ3) is 3.44. The molecule has 2 aromatic carbocycles. The Balaban J connectivity index is 1.54. The number of rotatable bonds is 5. The highest BCUT2D eigenvalue weighted by Gasteiger charge is 2.48. The average Bonchev–Trinajstić information content (AvgIpc) is 3.60. The van der Waals surface area contributed by atoms with Crippen LogP contribution in [-0.2, 0) is 16.6 Å². The Hall–Kier alpha value is -3.59. The first kappa shape index (κ1) is 20.3. The zero-order valence-electron chi connectivity index (χ0n) is 16.8. The summed E-state index contributed by atoms with van der Waals surface area (Å²) in [4.78, 5) is 31.6. The van der Waals surface area contributed by atoms with Crippen molar-refractivity contribution in [1.82, 2.24) is 9.29 Å². The van der Waals surface area contributed by atoms with Crippen molar-refractivity contribution in [3.63, 3.8) is 0 Å². The van der Waals surface area contributed by atoms with E-state index in [4.69, 9.17) is 0 Å². The lowest BCUT2D eigenvalue weighted by molar-refractivity contribution is 0.0864. The molecule has 7 nitrogen and oxygen atoms in total. The van der Waals surface area contributed by atoms with Crippen LogP contribution < -0.4 is 4.90 Å². The van der Waals surface area contributed by atoms with E-state index in [2.05, 4.69) is 4.98 Å². The van der Waals surface area contributed by atoms with Crippen molar-refractivity contribution in [2.75, 3.05) is 4.90 Å². The molecule has 2 heterocycles. The molecule has 0 bridgehead atoms. The number of anilines is 1. The molecule has 1 aromatic heterocycles. The quantitative estimate of drug-likeness (QED) is 0.594. The summed E-state index contributed by atoms with van der Waals surface area (Å²) in [7, 11) is -3.99. The number of carbonyl (C=O) groups excluding carboxylic acids is 2. The van der Waals surface area contributed by atoms with Gasteiger partial charge in [-0.05, 0) is 67.4 Å². The molecule has 0 atom stereocenters. The van der Waals surface area contributed by atoms with Crippen LogP contribution in [0.4, 0.5) is 10.1 Å². The van der Waals surface area contributed by atoms with E-state index in [0.29, 0.717) is 24.2 Å². The lowest BCUT2D eigenvalue weighted by Gasteiger charge is -2.23. The zero-order valence-corrected chi connectivity index (χ0v) is 17.6. The molecular weight excluding hydrogens is 433 g/mol. The summed E-state index contributed by atoms with van der Waals surface area (Å²) in [6.07, 6.45) is 2.89. The molecule has 0 radical (unpaired) electrons. The topological polar surface area (TPSA) is 87.7 Å². The first-order valence-electron chi connectivity index (χ1n) is 10.1. The summed E-state index contributed by atoms with van der Waals surface area (Å²) in [6.45, 7) is 0.0995. The molecule has 9 heteroatoms. The van der Waals surface area contributed by atoms with Gasteiger partial charge in [0.25, 0.3) is 21.8 Å². The number of fused-ring (bicyclic) bond motifs is 1. The van der Waals surface area contributed by atoms with E-state index in [1.54, 1.807) is 24.4 Å². The number of amides is 2. The van der Waals surface area contributed by atoms with Crippen molar-refractivity contribution in [1.29, 1.82) is 0 Å². The number of halogens is 1. The van der Waals surface area contributed by atoms with Crippen molar-refractivity contribution in [2.24, 2.45) is 0 Å². The molecule has 0 spiro atoms. The fourth-order valence-electron chi connectivity index (χ4n) is 3.76. The summed E-state index contributed by atoms with van der Waals surface area (Å²) in [5, 5.41) is 0. The minimum absolute atomic E-state index is 0.0755. The number of nitrogens with zero attached hydrogens (tertiary/aromatic N) is 3. The maximum Gasteiger partial charge on any atom is 0.269 e. The third-order valence-electron chi connectivity index (χ3n) is 5.50. The van der Waals surface area contributed by atoms with Gasteiger partial charge in [-0.1, -0.05) is 6.07 Å². The molecule has 0 N–H and O–H groups in total. The Bertz CT molecular complexity index is 1320. The monoisotopic (exact) mass is 451 g/mol. The van der Waals surface area contributed by atoms with Crippen molar-refractivity contribution in [3.8, 4) is 0 Å². The smallest absolute Gasteiger partial charge is 0.269 e. The van der Waals surface area contributed by atoms with E-state index in [0.717, 1.165) is 4.31 Å². The van der Waals surface area contributed by atoms with E-state index in [1.165, 1.54) is 47.4 Å².